The Labute approximate surface area is 155 Å². The third kappa shape index (κ3) is 3.46. The molecule has 3 rings (SSSR count). The number of nitrogens with zero attached hydrogens (tertiary/aromatic N) is 1. The summed E-state index contributed by atoms with van der Waals surface area (Å²) in [6.45, 7) is 6.50. The second-order valence-corrected chi connectivity index (χ2v) is 8.43. The molecule has 0 atom stereocenters. The standard InChI is InChI=1S/C20H24N2O3S/c1-4-22-18-11-10-16(13-15(18)9-12-20(22)23)21-26(24,25)19-8-6-5-7-17(19)14(2)3/h5-8,10-11,13-14,21H,4,9,12H2,1-3H3. The molecule has 1 N–H and O–H groups in total. The van der Waals surface area contributed by atoms with E-state index in [1.54, 1.807) is 23.1 Å². The summed E-state index contributed by atoms with van der Waals surface area (Å²) in [6, 6.07) is 12.4. The fraction of sp³-hybridized carbons (Fsp3) is 0.350. The van der Waals surface area contributed by atoms with E-state index in [9.17, 15) is 13.2 Å². The van der Waals surface area contributed by atoms with E-state index in [1.807, 2.05) is 45.0 Å². The second-order valence-electron chi connectivity index (χ2n) is 6.78. The zero-order valence-corrected chi connectivity index (χ0v) is 16.1. The summed E-state index contributed by atoms with van der Waals surface area (Å²) in [5, 5.41) is 0. The molecule has 0 aliphatic carbocycles. The number of rotatable bonds is 5. The fourth-order valence-electron chi connectivity index (χ4n) is 3.38. The zero-order valence-electron chi connectivity index (χ0n) is 15.3. The Bertz CT molecular complexity index is 936. The zero-order chi connectivity index (χ0) is 18.9. The number of anilines is 2. The maximum absolute atomic E-state index is 12.9. The van der Waals surface area contributed by atoms with Gasteiger partial charge in [0.1, 0.15) is 0 Å². The highest BCUT2D eigenvalue weighted by Crippen LogP contribution is 2.31. The molecule has 6 heteroatoms. The lowest BCUT2D eigenvalue weighted by Gasteiger charge is -2.28. The van der Waals surface area contributed by atoms with Crippen molar-refractivity contribution in [2.45, 2.75) is 44.4 Å². The first kappa shape index (κ1) is 18.5. The monoisotopic (exact) mass is 372 g/mol. The van der Waals surface area contributed by atoms with Crippen molar-refractivity contribution in [1.82, 2.24) is 0 Å². The Hall–Kier alpha value is -2.34. The van der Waals surface area contributed by atoms with Gasteiger partial charge in [-0.25, -0.2) is 8.42 Å². The number of carbonyl (C=O) groups excluding carboxylic acids is 1. The molecule has 2 aromatic carbocycles. The average Bonchev–Trinajstić information content (AvgIpc) is 2.61. The predicted octanol–water partition coefficient (Wildman–Crippen LogP) is 3.91. The molecule has 5 nitrogen and oxygen atoms in total. The Morgan fingerprint density at radius 2 is 1.85 bits per heavy atom. The van der Waals surface area contributed by atoms with Crippen molar-refractivity contribution in [3.8, 4) is 0 Å². The van der Waals surface area contributed by atoms with Crippen molar-refractivity contribution < 1.29 is 13.2 Å². The quantitative estimate of drug-likeness (QED) is 0.865. The molecule has 1 amide bonds. The van der Waals surface area contributed by atoms with E-state index >= 15 is 0 Å². The largest absolute Gasteiger partial charge is 0.312 e. The number of fused-ring (bicyclic) bond motifs is 1. The molecule has 138 valence electrons. The third-order valence-electron chi connectivity index (χ3n) is 4.68. The number of hydrogen-bond donors (Lipinski definition) is 1. The van der Waals surface area contributed by atoms with Crippen LogP contribution < -0.4 is 9.62 Å². The summed E-state index contributed by atoms with van der Waals surface area (Å²) in [5.74, 6) is 0.217. The summed E-state index contributed by atoms with van der Waals surface area (Å²) in [7, 11) is -3.68. The molecule has 1 aliphatic heterocycles. The van der Waals surface area contributed by atoms with Gasteiger partial charge in [-0.1, -0.05) is 32.0 Å². The lowest BCUT2D eigenvalue weighted by Crippen LogP contribution is -2.34. The van der Waals surface area contributed by atoms with Crippen LogP contribution in [-0.4, -0.2) is 20.9 Å². The van der Waals surface area contributed by atoms with Gasteiger partial charge in [-0.3, -0.25) is 9.52 Å². The van der Waals surface area contributed by atoms with Crippen molar-refractivity contribution in [2.24, 2.45) is 0 Å². The molecule has 1 heterocycles. The first-order chi connectivity index (χ1) is 12.3. The number of carbonyl (C=O) groups is 1. The smallest absolute Gasteiger partial charge is 0.262 e. The van der Waals surface area contributed by atoms with E-state index in [4.69, 9.17) is 0 Å². The van der Waals surface area contributed by atoms with Crippen LogP contribution in [0.3, 0.4) is 0 Å². The van der Waals surface area contributed by atoms with Crippen molar-refractivity contribution in [3.63, 3.8) is 0 Å². The number of hydrogen-bond acceptors (Lipinski definition) is 3. The maximum atomic E-state index is 12.9. The third-order valence-corrected chi connectivity index (χ3v) is 6.13. The van der Waals surface area contributed by atoms with E-state index < -0.39 is 10.0 Å². The topological polar surface area (TPSA) is 66.5 Å². The molecule has 1 aliphatic rings. The van der Waals surface area contributed by atoms with E-state index in [-0.39, 0.29) is 11.8 Å². The van der Waals surface area contributed by atoms with Gasteiger partial charge >= 0.3 is 0 Å². The number of nitrogens with one attached hydrogen (secondary N) is 1. The summed E-state index contributed by atoms with van der Waals surface area (Å²) >= 11 is 0. The lowest BCUT2D eigenvalue weighted by atomic mass is 10.0. The summed E-state index contributed by atoms with van der Waals surface area (Å²) in [6.07, 6.45) is 1.08. The number of benzene rings is 2. The molecule has 2 aromatic rings. The highest BCUT2D eigenvalue weighted by molar-refractivity contribution is 7.92. The van der Waals surface area contributed by atoms with Gasteiger partial charge in [0.15, 0.2) is 0 Å². The predicted molar refractivity (Wildman–Crippen MR) is 104 cm³/mol. The minimum atomic E-state index is -3.68. The first-order valence-electron chi connectivity index (χ1n) is 8.88. The number of sulfonamides is 1. The van der Waals surface area contributed by atoms with Crippen molar-refractivity contribution in [2.75, 3.05) is 16.2 Å². The Morgan fingerprint density at radius 3 is 2.54 bits per heavy atom. The van der Waals surface area contributed by atoms with Crippen molar-refractivity contribution in [1.29, 1.82) is 0 Å². The molecule has 0 aromatic heterocycles. The van der Waals surface area contributed by atoms with Crippen molar-refractivity contribution in [3.05, 3.63) is 53.6 Å². The lowest BCUT2D eigenvalue weighted by molar-refractivity contribution is -0.118. The van der Waals surface area contributed by atoms with Crippen LogP contribution >= 0.6 is 0 Å². The average molecular weight is 372 g/mol. The minimum Gasteiger partial charge on any atom is -0.312 e. The van der Waals surface area contributed by atoms with E-state index in [0.29, 0.717) is 30.0 Å². The second kappa shape index (κ2) is 7.11. The van der Waals surface area contributed by atoms with Gasteiger partial charge in [0, 0.05) is 24.3 Å². The van der Waals surface area contributed by atoms with E-state index in [0.717, 1.165) is 16.8 Å². The molecule has 0 fully saturated rings. The fourth-order valence-corrected chi connectivity index (χ4v) is 4.80. The van der Waals surface area contributed by atoms with E-state index in [1.165, 1.54) is 0 Å². The van der Waals surface area contributed by atoms with E-state index in [2.05, 4.69) is 4.72 Å². The molecule has 0 spiro atoms. The van der Waals surface area contributed by atoms with Gasteiger partial charge in [-0.15, -0.1) is 0 Å². The molecule has 0 bridgehead atoms. The molecule has 0 unspecified atom stereocenters. The first-order valence-corrected chi connectivity index (χ1v) is 10.4. The molecular formula is C20H24N2O3S. The van der Waals surface area contributed by atoms with Gasteiger partial charge in [0.05, 0.1) is 4.90 Å². The van der Waals surface area contributed by atoms with Gasteiger partial charge in [-0.2, -0.15) is 0 Å². The highest BCUT2D eigenvalue weighted by Gasteiger charge is 2.24. The van der Waals surface area contributed by atoms with Gasteiger partial charge in [-0.05, 0) is 54.7 Å². The van der Waals surface area contributed by atoms with Crippen LogP contribution in [-0.2, 0) is 21.2 Å². The molecule has 0 saturated carbocycles. The normalized spacial score (nSPS) is 14.5. The maximum Gasteiger partial charge on any atom is 0.262 e. The molecular weight excluding hydrogens is 348 g/mol. The van der Waals surface area contributed by atoms with Gasteiger partial charge in [0.25, 0.3) is 10.0 Å². The van der Waals surface area contributed by atoms with Crippen LogP contribution in [0.2, 0.25) is 0 Å². The van der Waals surface area contributed by atoms with Crippen LogP contribution in [0.25, 0.3) is 0 Å². The Morgan fingerprint density at radius 1 is 1.12 bits per heavy atom. The van der Waals surface area contributed by atoms with Gasteiger partial charge < -0.3 is 4.90 Å². The van der Waals surface area contributed by atoms with Crippen LogP contribution in [0.15, 0.2) is 47.4 Å². The molecule has 26 heavy (non-hydrogen) atoms. The Kier molecular flexibility index (Phi) is 5.05. The van der Waals surface area contributed by atoms with Crippen molar-refractivity contribution >= 4 is 27.3 Å². The highest BCUT2D eigenvalue weighted by atomic mass is 32.2. The van der Waals surface area contributed by atoms with Crippen LogP contribution in [0.4, 0.5) is 11.4 Å². The van der Waals surface area contributed by atoms with Crippen LogP contribution in [0.1, 0.15) is 44.2 Å². The number of aryl methyl sites for hydroxylation is 1. The molecule has 0 saturated heterocycles. The number of amides is 1. The summed E-state index contributed by atoms with van der Waals surface area (Å²) in [5.41, 5.74) is 3.17. The SMILES string of the molecule is CCN1C(=O)CCc2cc(NS(=O)(=O)c3ccccc3C(C)C)ccc21. The molecule has 0 radical (unpaired) electrons. The van der Waals surface area contributed by atoms with Crippen LogP contribution in [0, 0.1) is 0 Å². The van der Waals surface area contributed by atoms with Gasteiger partial charge in [0.2, 0.25) is 5.91 Å². The summed E-state index contributed by atoms with van der Waals surface area (Å²) < 4.78 is 28.5. The summed E-state index contributed by atoms with van der Waals surface area (Å²) in [4.78, 5) is 14.0. The minimum absolute atomic E-state index is 0.107. The Balaban J connectivity index is 1.94. The van der Waals surface area contributed by atoms with Crippen LogP contribution in [0.5, 0.6) is 0 Å².